The van der Waals surface area contributed by atoms with Gasteiger partial charge in [-0.1, -0.05) is 109 Å². The van der Waals surface area contributed by atoms with Gasteiger partial charge in [-0.3, -0.25) is 14.5 Å². The van der Waals surface area contributed by atoms with Gasteiger partial charge in [0.15, 0.2) is 0 Å². The van der Waals surface area contributed by atoms with E-state index in [1.54, 1.807) is 0 Å². The first-order valence-corrected chi connectivity index (χ1v) is 16.7. The van der Waals surface area contributed by atoms with Gasteiger partial charge < -0.3 is 16.0 Å². The molecule has 1 fully saturated rings. The van der Waals surface area contributed by atoms with Crippen LogP contribution in [0.2, 0.25) is 0 Å². The summed E-state index contributed by atoms with van der Waals surface area (Å²) in [7, 11) is 0. The number of nitrogens with one attached hydrogen (secondary N) is 1. The first kappa shape index (κ1) is 32.2. The SMILES string of the molecule is CC(c1cccc(-c2ccccc2C(=O)NCCN)c1)N(C(=O)Cc1ccc2ccccc2c1)C1CCN(Cc2ccccc2)CC1. The van der Waals surface area contributed by atoms with E-state index in [0.717, 1.165) is 60.1 Å². The molecule has 240 valence electrons. The average molecular weight is 625 g/mol. The Bertz CT molecular complexity index is 1810. The molecule has 5 aromatic carbocycles. The number of benzene rings is 5. The molecule has 1 heterocycles. The zero-order valence-electron chi connectivity index (χ0n) is 27.1. The maximum absolute atomic E-state index is 14.4. The first-order chi connectivity index (χ1) is 23.0. The van der Waals surface area contributed by atoms with Crippen LogP contribution in [0.3, 0.4) is 0 Å². The fourth-order valence-corrected chi connectivity index (χ4v) is 6.89. The Labute approximate surface area is 278 Å². The predicted molar refractivity (Wildman–Crippen MR) is 191 cm³/mol. The van der Waals surface area contributed by atoms with Crippen molar-refractivity contribution < 1.29 is 9.59 Å². The van der Waals surface area contributed by atoms with E-state index < -0.39 is 0 Å². The minimum Gasteiger partial charge on any atom is -0.351 e. The number of fused-ring (bicyclic) bond motifs is 1. The fraction of sp³-hybridized carbons (Fsp3) is 0.268. The van der Waals surface area contributed by atoms with Crippen molar-refractivity contribution in [2.75, 3.05) is 26.2 Å². The van der Waals surface area contributed by atoms with Gasteiger partial charge in [-0.15, -0.1) is 0 Å². The van der Waals surface area contributed by atoms with E-state index in [9.17, 15) is 9.59 Å². The van der Waals surface area contributed by atoms with E-state index in [1.807, 2.05) is 48.5 Å². The lowest BCUT2D eigenvalue weighted by atomic mass is 9.93. The zero-order valence-corrected chi connectivity index (χ0v) is 27.1. The minimum absolute atomic E-state index is 0.128. The molecule has 5 aromatic rings. The van der Waals surface area contributed by atoms with Crippen LogP contribution in [-0.4, -0.2) is 53.8 Å². The van der Waals surface area contributed by atoms with Gasteiger partial charge in [-0.2, -0.15) is 0 Å². The maximum atomic E-state index is 14.4. The molecule has 0 bridgehead atoms. The summed E-state index contributed by atoms with van der Waals surface area (Å²) in [6.45, 7) is 5.76. The van der Waals surface area contributed by atoms with Gasteiger partial charge in [0, 0.05) is 44.3 Å². The van der Waals surface area contributed by atoms with Crippen LogP contribution in [0.1, 0.15) is 52.9 Å². The number of hydrogen-bond acceptors (Lipinski definition) is 4. The minimum atomic E-state index is -0.146. The second-order valence-electron chi connectivity index (χ2n) is 12.5. The van der Waals surface area contributed by atoms with Gasteiger partial charge in [0.2, 0.25) is 5.91 Å². The highest BCUT2D eigenvalue weighted by molar-refractivity contribution is 6.01. The average Bonchev–Trinajstić information content (AvgIpc) is 3.12. The molecule has 47 heavy (non-hydrogen) atoms. The summed E-state index contributed by atoms with van der Waals surface area (Å²) in [5, 5.41) is 5.23. The highest BCUT2D eigenvalue weighted by atomic mass is 16.2. The quantitative estimate of drug-likeness (QED) is 0.166. The highest BCUT2D eigenvalue weighted by Crippen LogP contribution is 2.32. The summed E-state index contributed by atoms with van der Waals surface area (Å²) in [4.78, 5) is 32.0. The number of amides is 2. The largest absolute Gasteiger partial charge is 0.351 e. The van der Waals surface area contributed by atoms with Crippen LogP contribution in [0.4, 0.5) is 0 Å². The standard InChI is InChI=1S/C41H44N4O2/c1-30(34-14-9-15-36(28-34)38-16-7-8-17-39(38)41(47)43-23-22-42)45(37-20-24-44(25-21-37)29-31-10-3-2-4-11-31)40(46)27-32-18-19-33-12-5-6-13-35(33)26-32/h2-19,26,28,30,37H,20-25,27,29,42H2,1H3,(H,43,47). The number of rotatable bonds is 11. The van der Waals surface area contributed by atoms with E-state index in [1.165, 1.54) is 10.9 Å². The van der Waals surface area contributed by atoms with Crippen molar-refractivity contribution in [2.45, 2.75) is 44.8 Å². The molecule has 2 amide bonds. The Morgan fingerprint density at radius 3 is 2.32 bits per heavy atom. The monoisotopic (exact) mass is 624 g/mol. The predicted octanol–water partition coefficient (Wildman–Crippen LogP) is 6.99. The molecule has 0 spiro atoms. The molecule has 0 saturated carbocycles. The second-order valence-corrected chi connectivity index (χ2v) is 12.5. The molecule has 1 saturated heterocycles. The number of piperidine rings is 1. The van der Waals surface area contributed by atoms with E-state index >= 15 is 0 Å². The summed E-state index contributed by atoms with van der Waals surface area (Å²) >= 11 is 0. The van der Waals surface area contributed by atoms with Crippen LogP contribution >= 0.6 is 0 Å². The van der Waals surface area contributed by atoms with Crippen molar-refractivity contribution in [1.82, 2.24) is 15.1 Å². The van der Waals surface area contributed by atoms with E-state index in [-0.39, 0.29) is 23.9 Å². The lowest BCUT2D eigenvalue weighted by Crippen LogP contribution is -2.48. The van der Waals surface area contributed by atoms with Crippen LogP contribution in [0, 0.1) is 0 Å². The van der Waals surface area contributed by atoms with Crippen molar-refractivity contribution in [3.63, 3.8) is 0 Å². The van der Waals surface area contributed by atoms with Gasteiger partial charge in [0.1, 0.15) is 0 Å². The number of carbonyl (C=O) groups excluding carboxylic acids is 2. The number of nitrogens with zero attached hydrogens (tertiary/aromatic N) is 2. The number of hydrogen-bond donors (Lipinski definition) is 2. The topological polar surface area (TPSA) is 78.7 Å². The van der Waals surface area contributed by atoms with Crippen LogP contribution in [0.5, 0.6) is 0 Å². The second kappa shape index (κ2) is 15.2. The molecular formula is C41H44N4O2. The molecule has 1 aliphatic heterocycles. The van der Waals surface area contributed by atoms with Gasteiger partial charge in [0.25, 0.3) is 5.91 Å². The van der Waals surface area contributed by atoms with Crippen molar-refractivity contribution >= 4 is 22.6 Å². The van der Waals surface area contributed by atoms with Crippen molar-refractivity contribution in [3.8, 4) is 11.1 Å². The number of carbonyl (C=O) groups is 2. The molecule has 6 nitrogen and oxygen atoms in total. The third kappa shape index (κ3) is 7.79. The van der Waals surface area contributed by atoms with E-state index in [2.05, 4.69) is 94.8 Å². The maximum Gasteiger partial charge on any atom is 0.251 e. The van der Waals surface area contributed by atoms with Gasteiger partial charge in [-0.25, -0.2) is 0 Å². The van der Waals surface area contributed by atoms with Crippen LogP contribution in [0.25, 0.3) is 21.9 Å². The molecular weight excluding hydrogens is 580 g/mol. The normalized spacial score (nSPS) is 14.5. The van der Waals surface area contributed by atoms with E-state index in [4.69, 9.17) is 5.73 Å². The Balaban J connectivity index is 1.27. The Hall–Kier alpha value is -4.78. The van der Waals surface area contributed by atoms with Gasteiger partial charge >= 0.3 is 0 Å². The molecule has 1 aliphatic rings. The van der Waals surface area contributed by atoms with Crippen LogP contribution in [0.15, 0.2) is 121 Å². The third-order valence-electron chi connectivity index (χ3n) is 9.36. The van der Waals surface area contributed by atoms with Crippen molar-refractivity contribution in [3.05, 3.63) is 144 Å². The summed E-state index contributed by atoms with van der Waals surface area (Å²) in [5.41, 5.74) is 11.5. The lowest BCUT2D eigenvalue weighted by Gasteiger charge is -2.42. The fourth-order valence-electron chi connectivity index (χ4n) is 6.89. The van der Waals surface area contributed by atoms with Crippen LogP contribution < -0.4 is 11.1 Å². The Morgan fingerprint density at radius 1 is 0.809 bits per heavy atom. The molecule has 0 aliphatic carbocycles. The summed E-state index contributed by atoms with van der Waals surface area (Å²) in [6.07, 6.45) is 2.19. The zero-order chi connectivity index (χ0) is 32.6. The van der Waals surface area contributed by atoms with Crippen LogP contribution in [-0.2, 0) is 17.8 Å². The van der Waals surface area contributed by atoms with Crippen molar-refractivity contribution in [2.24, 2.45) is 5.73 Å². The molecule has 0 radical (unpaired) electrons. The Kier molecular flexibility index (Phi) is 10.4. The molecule has 6 rings (SSSR count). The first-order valence-electron chi connectivity index (χ1n) is 16.7. The molecule has 1 unspecified atom stereocenters. The molecule has 0 aromatic heterocycles. The molecule has 6 heteroatoms. The number of likely N-dealkylation sites (tertiary alicyclic amines) is 1. The van der Waals surface area contributed by atoms with Crippen molar-refractivity contribution in [1.29, 1.82) is 0 Å². The highest BCUT2D eigenvalue weighted by Gasteiger charge is 2.32. The lowest BCUT2D eigenvalue weighted by molar-refractivity contribution is -0.136. The van der Waals surface area contributed by atoms with Gasteiger partial charge in [0.05, 0.1) is 12.5 Å². The molecule has 1 atom stereocenters. The summed E-state index contributed by atoms with van der Waals surface area (Å²) in [5.74, 6) is 0.000194. The smallest absolute Gasteiger partial charge is 0.251 e. The summed E-state index contributed by atoms with van der Waals surface area (Å²) < 4.78 is 0. The number of nitrogens with two attached hydrogens (primary N) is 1. The third-order valence-corrected chi connectivity index (χ3v) is 9.36. The van der Waals surface area contributed by atoms with E-state index in [0.29, 0.717) is 25.1 Å². The Morgan fingerprint density at radius 2 is 1.53 bits per heavy atom. The summed E-state index contributed by atoms with van der Waals surface area (Å²) in [6, 6.07) is 41.2. The van der Waals surface area contributed by atoms with Gasteiger partial charge in [-0.05, 0) is 70.5 Å². The molecule has 3 N–H and O–H groups in total.